The normalized spacial score (nSPS) is 13.5. The van der Waals surface area contributed by atoms with Crippen LogP contribution in [0, 0.1) is 0 Å². The molecule has 1 amide bonds. The quantitative estimate of drug-likeness (QED) is 0.894. The molecule has 8 heteroatoms. The van der Waals surface area contributed by atoms with E-state index in [9.17, 15) is 14.7 Å². The monoisotopic (exact) mass is 321 g/mol. The molecule has 0 saturated carbocycles. The van der Waals surface area contributed by atoms with Crippen molar-refractivity contribution < 1.29 is 19.4 Å². The van der Waals surface area contributed by atoms with Gasteiger partial charge in [0, 0.05) is 18.2 Å². The minimum Gasteiger partial charge on any atom is -0.497 e. The third kappa shape index (κ3) is 2.19. The maximum absolute atomic E-state index is 12.1. The topological polar surface area (TPSA) is 93.5 Å². The van der Waals surface area contributed by atoms with E-state index in [2.05, 4.69) is 10.4 Å². The summed E-state index contributed by atoms with van der Waals surface area (Å²) in [5.41, 5.74) is 0.916. The second-order valence-electron chi connectivity index (χ2n) is 4.72. The highest BCUT2D eigenvalue weighted by Crippen LogP contribution is 2.29. The zero-order valence-electron chi connectivity index (χ0n) is 11.6. The van der Waals surface area contributed by atoms with Crippen LogP contribution in [0.15, 0.2) is 18.2 Å². The maximum atomic E-state index is 12.1. The molecule has 2 heterocycles. The summed E-state index contributed by atoms with van der Waals surface area (Å²) >= 11 is 6.20. The van der Waals surface area contributed by atoms with Gasteiger partial charge in [0.1, 0.15) is 11.4 Å². The number of ether oxygens (including phenoxy) is 1. The summed E-state index contributed by atoms with van der Waals surface area (Å²) in [6, 6.07) is 4.87. The summed E-state index contributed by atoms with van der Waals surface area (Å²) in [7, 11) is 1.51. The molecule has 22 heavy (non-hydrogen) atoms. The summed E-state index contributed by atoms with van der Waals surface area (Å²) in [6.07, 6.45) is 0.413. The number of carboxylic acids is 1. The van der Waals surface area contributed by atoms with Crippen LogP contribution in [0.25, 0.3) is 5.69 Å². The van der Waals surface area contributed by atoms with Gasteiger partial charge >= 0.3 is 5.97 Å². The van der Waals surface area contributed by atoms with Crippen LogP contribution in [0.5, 0.6) is 5.75 Å². The number of carbonyl (C=O) groups is 2. The summed E-state index contributed by atoms with van der Waals surface area (Å²) < 4.78 is 6.35. The minimum absolute atomic E-state index is 0.128. The van der Waals surface area contributed by atoms with E-state index in [0.29, 0.717) is 35.0 Å². The Hall–Kier alpha value is -2.54. The second kappa shape index (κ2) is 5.34. The van der Waals surface area contributed by atoms with E-state index >= 15 is 0 Å². The zero-order valence-corrected chi connectivity index (χ0v) is 12.3. The molecule has 2 aromatic rings. The molecule has 0 bridgehead atoms. The van der Waals surface area contributed by atoms with Gasteiger partial charge < -0.3 is 15.2 Å². The number of nitrogens with one attached hydrogen (secondary N) is 1. The zero-order chi connectivity index (χ0) is 15.9. The average molecular weight is 322 g/mol. The molecule has 0 aliphatic carbocycles. The first-order valence-corrected chi connectivity index (χ1v) is 6.88. The molecular formula is C14H12ClN3O4. The minimum atomic E-state index is -1.17. The molecule has 0 fully saturated rings. The molecule has 1 aliphatic rings. The molecule has 0 saturated heterocycles. The first kappa shape index (κ1) is 14.4. The number of methoxy groups -OCH3 is 1. The standard InChI is InChI=1S/C14H12ClN3O4/c1-22-7-2-3-10(9(15)6-7)18-12-8(4-5-16-13(12)19)11(17-18)14(20)21/h2-3,6H,4-5H2,1H3,(H,16,19)(H,20,21). The fourth-order valence-corrected chi connectivity index (χ4v) is 2.69. The summed E-state index contributed by atoms with van der Waals surface area (Å²) in [6.45, 7) is 0.383. The van der Waals surface area contributed by atoms with Gasteiger partial charge in [-0.15, -0.1) is 0 Å². The van der Waals surface area contributed by atoms with E-state index < -0.39 is 5.97 Å². The van der Waals surface area contributed by atoms with Crippen LogP contribution in [0.4, 0.5) is 0 Å². The molecule has 0 atom stereocenters. The van der Waals surface area contributed by atoms with Gasteiger partial charge in [-0.2, -0.15) is 5.10 Å². The van der Waals surface area contributed by atoms with Crippen molar-refractivity contribution in [2.45, 2.75) is 6.42 Å². The molecule has 7 nitrogen and oxygen atoms in total. The van der Waals surface area contributed by atoms with Crippen molar-refractivity contribution in [2.75, 3.05) is 13.7 Å². The Labute approximate surface area is 130 Å². The lowest BCUT2D eigenvalue weighted by atomic mass is 10.1. The number of hydrogen-bond acceptors (Lipinski definition) is 4. The highest BCUT2D eigenvalue weighted by molar-refractivity contribution is 6.32. The van der Waals surface area contributed by atoms with Crippen LogP contribution in [0.2, 0.25) is 5.02 Å². The van der Waals surface area contributed by atoms with Crippen LogP contribution in [-0.4, -0.2) is 40.4 Å². The van der Waals surface area contributed by atoms with E-state index in [0.717, 1.165) is 0 Å². The first-order valence-electron chi connectivity index (χ1n) is 6.50. The number of aromatic nitrogens is 2. The van der Waals surface area contributed by atoms with Gasteiger partial charge in [0.25, 0.3) is 5.91 Å². The van der Waals surface area contributed by atoms with E-state index in [-0.39, 0.29) is 17.3 Å². The number of carbonyl (C=O) groups excluding carboxylic acids is 1. The number of rotatable bonds is 3. The predicted octanol–water partition coefficient (Wildman–Crippen LogP) is 1.52. The van der Waals surface area contributed by atoms with Crippen molar-refractivity contribution in [1.29, 1.82) is 0 Å². The molecule has 3 rings (SSSR count). The maximum Gasteiger partial charge on any atom is 0.356 e. The van der Waals surface area contributed by atoms with Crippen LogP contribution in [-0.2, 0) is 6.42 Å². The van der Waals surface area contributed by atoms with Gasteiger partial charge in [-0.3, -0.25) is 4.79 Å². The first-order chi connectivity index (χ1) is 10.5. The van der Waals surface area contributed by atoms with Crippen LogP contribution >= 0.6 is 11.6 Å². The average Bonchev–Trinajstić information content (AvgIpc) is 2.88. The van der Waals surface area contributed by atoms with Gasteiger partial charge in [-0.25, -0.2) is 9.48 Å². The second-order valence-corrected chi connectivity index (χ2v) is 5.12. The molecule has 0 radical (unpaired) electrons. The molecular weight excluding hydrogens is 310 g/mol. The summed E-state index contributed by atoms with van der Waals surface area (Å²) in [5.74, 6) is -0.986. The molecule has 1 aromatic carbocycles. The number of fused-ring (bicyclic) bond motifs is 1. The van der Waals surface area contributed by atoms with Crippen LogP contribution < -0.4 is 10.1 Å². The predicted molar refractivity (Wildman–Crippen MR) is 78.1 cm³/mol. The number of benzene rings is 1. The number of aromatic carboxylic acids is 1. The number of carboxylic acid groups (broad SMARTS) is 1. The lowest BCUT2D eigenvalue weighted by Gasteiger charge is -2.15. The Bertz CT molecular complexity index is 785. The third-order valence-corrected chi connectivity index (χ3v) is 3.75. The summed E-state index contributed by atoms with van der Waals surface area (Å²) in [5, 5.41) is 16.3. The lowest BCUT2D eigenvalue weighted by molar-refractivity contribution is 0.0688. The Kier molecular flexibility index (Phi) is 3.50. The smallest absolute Gasteiger partial charge is 0.356 e. The highest BCUT2D eigenvalue weighted by Gasteiger charge is 2.30. The Morgan fingerprint density at radius 2 is 2.27 bits per heavy atom. The van der Waals surface area contributed by atoms with Crippen molar-refractivity contribution in [3.63, 3.8) is 0 Å². The van der Waals surface area contributed by atoms with Crippen molar-refractivity contribution in [3.8, 4) is 11.4 Å². The third-order valence-electron chi connectivity index (χ3n) is 3.44. The number of amides is 1. The van der Waals surface area contributed by atoms with Crippen LogP contribution in [0.1, 0.15) is 26.5 Å². The van der Waals surface area contributed by atoms with Gasteiger partial charge in [-0.05, 0) is 18.6 Å². The van der Waals surface area contributed by atoms with Crippen molar-refractivity contribution in [1.82, 2.24) is 15.1 Å². The fourth-order valence-electron chi connectivity index (χ4n) is 2.44. The number of nitrogens with zero attached hydrogens (tertiary/aromatic N) is 2. The molecule has 0 spiro atoms. The molecule has 114 valence electrons. The van der Waals surface area contributed by atoms with Gasteiger partial charge in [-0.1, -0.05) is 11.6 Å². The lowest BCUT2D eigenvalue weighted by Crippen LogP contribution is -2.33. The Morgan fingerprint density at radius 1 is 1.50 bits per heavy atom. The van der Waals surface area contributed by atoms with Crippen molar-refractivity contribution >= 4 is 23.5 Å². The Balaban J connectivity index is 2.23. The number of hydrogen-bond donors (Lipinski definition) is 2. The van der Waals surface area contributed by atoms with Crippen molar-refractivity contribution in [2.24, 2.45) is 0 Å². The molecule has 1 aliphatic heterocycles. The van der Waals surface area contributed by atoms with E-state index in [4.69, 9.17) is 16.3 Å². The van der Waals surface area contributed by atoms with Gasteiger partial charge in [0.2, 0.25) is 0 Å². The van der Waals surface area contributed by atoms with E-state index in [1.807, 2.05) is 0 Å². The highest BCUT2D eigenvalue weighted by atomic mass is 35.5. The molecule has 0 unspecified atom stereocenters. The SMILES string of the molecule is COc1ccc(-n2nc(C(=O)O)c3c2C(=O)NCC3)c(Cl)c1. The molecule has 2 N–H and O–H groups in total. The van der Waals surface area contributed by atoms with Crippen LogP contribution in [0.3, 0.4) is 0 Å². The van der Waals surface area contributed by atoms with E-state index in [1.165, 1.54) is 11.8 Å². The number of halogens is 1. The molecule has 1 aromatic heterocycles. The fraction of sp³-hybridized carbons (Fsp3) is 0.214. The van der Waals surface area contributed by atoms with Gasteiger partial charge in [0.15, 0.2) is 5.69 Å². The van der Waals surface area contributed by atoms with Gasteiger partial charge in [0.05, 0.1) is 17.8 Å². The summed E-state index contributed by atoms with van der Waals surface area (Å²) in [4.78, 5) is 23.5. The van der Waals surface area contributed by atoms with Crippen molar-refractivity contribution in [3.05, 3.63) is 40.2 Å². The largest absolute Gasteiger partial charge is 0.497 e. The van der Waals surface area contributed by atoms with E-state index in [1.54, 1.807) is 18.2 Å². The Morgan fingerprint density at radius 3 is 2.91 bits per heavy atom.